The molecular weight excluding hydrogens is 404 g/mol. The summed E-state index contributed by atoms with van der Waals surface area (Å²) >= 11 is 7.55. The third-order valence-electron chi connectivity index (χ3n) is 4.99. The Balaban J connectivity index is 1.88. The highest BCUT2D eigenvalue weighted by molar-refractivity contribution is 7.07. The first kappa shape index (κ1) is 19.5. The molecule has 0 fully saturated rings. The lowest BCUT2D eigenvalue weighted by Gasteiger charge is -2.07. The third-order valence-corrected chi connectivity index (χ3v) is 6.10. The van der Waals surface area contributed by atoms with Crippen molar-refractivity contribution in [3.8, 4) is 16.9 Å². The number of para-hydroxylation sites is 1. The number of aromatic nitrogens is 3. The van der Waals surface area contributed by atoms with Gasteiger partial charge in [0.05, 0.1) is 17.1 Å². The van der Waals surface area contributed by atoms with E-state index in [2.05, 4.69) is 16.9 Å². The fourth-order valence-corrected chi connectivity index (χ4v) is 4.46. The SMILES string of the molecule is CCn1c(-c2ccc(Cl)cc2)csc1=Nc1c(C)n(C)n(-c2ccccc2)c1=O. The number of benzene rings is 2. The summed E-state index contributed by atoms with van der Waals surface area (Å²) in [7, 11) is 1.88. The molecule has 4 aromatic rings. The van der Waals surface area contributed by atoms with Crippen LogP contribution in [0.3, 0.4) is 0 Å². The summed E-state index contributed by atoms with van der Waals surface area (Å²) in [6, 6.07) is 17.4. The summed E-state index contributed by atoms with van der Waals surface area (Å²) in [4.78, 5) is 18.7. The Morgan fingerprint density at radius 3 is 2.41 bits per heavy atom. The van der Waals surface area contributed by atoms with Gasteiger partial charge in [0.25, 0.3) is 5.56 Å². The minimum absolute atomic E-state index is 0.125. The van der Waals surface area contributed by atoms with Crippen LogP contribution in [0.1, 0.15) is 12.6 Å². The van der Waals surface area contributed by atoms with E-state index in [1.54, 1.807) is 4.68 Å². The quantitative estimate of drug-likeness (QED) is 0.458. The summed E-state index contributed by atoms with van der Waals surface area (Å²) in [6.07, 6.45) is 0. The summed E-state index contributed by atoms with van der Waals surface area (Å²) in [5, 5.41) is 2.78. The van der Waals surface area contributed by atoms with E-state index in [-0.39, 0.29) is 5.56 Å². The van der Waals surface area contributed by atoms with Crippen LogP contribution in [0.2, 0.25) is 5.02 Å². The Morgan fingerprint density at radius 2 is 1.76 bits per heavy atom. The van der Waals surface area contributed by atoms with E-state index in [1.807, 2.05) is 73.3 Å². The normalized spacial score (nSPS) is 11.9. The molecule has 0 spiro atoms. The van der Waals surface area contributed by atoms with Crippen molar-refractivity contribution in [1.82, 2.24) is 13.9 Å². The van der Waals surface area contributed by atoms with Gasteiger partial charge in [-0.2, -0.15) is 0 Å². The van der Waals surface area contributed by atoms with Crippen LogP contribution < -0.4 is 10.4 Å². The fraction of sp³-hybridized carbons (Fsp3) is 0.182. The van der Waals surface area contributed by atoms with E-state index in [9.17, 15) is 4.79 Å². The van der Waals surface area contributed by atoms with Gasteiger partial charge in [0.2, 0.25) is 0 Å². The Labute approximate surface area is 177 Å². The zero-order valence-electron chi connectivity index (χ0n) is 16.5. The van der Waals surface area contributed by atoms with Crippen LogP contribution >= 0.6 is 22.9 Å². The molecule has 0 aliphatic heterocycles. The molecule has 0 aliphatic rings. The van der Waals surface area contributed by atoms with Crippen molar-refractivity contribution in [3.05, 3.63) is 85.8 Å². The molecule has 0 amide bonds. The van der Waals surface area contributed by atoms with Gasteiger partial charge in [0, 0.05) is 24.0 Å². The standard InChI is InChI=1S/C22H21ClN4OS/c1-4-26-19(16-10-12-17(23)13-11-16)14-29-22(26)24-20-15(2)25(3)27(21(20)28)18-8-6-5-7-9-18/h5-14H,4H2,1-3H3. The first-order valence-electron chi connectivity index (χ1n) is 9.34. The van der Waals surface area contributed by atoms with Crippen LogP contribution in [-0.4, -0.2) is 13.9 Å². The summed E-state index contributed by atoms with van der Waals surface area (Å²) in [6.45, 7) is 4.74. The molecule has 0 bridgehead atoms. The van der Waals surface area contributed by atoms with Crippen LogP contribution in [0.5, 0.6) is 0 Å². The molecule has 0 saturated carbocycles. The molecule has 2 aromatic heterocycles. The zero-order chi connectivity index (χ0) is 20.5. The van der Waals surface area contributed by atoms with Gasteiger partial charge in [-0.1, -0.05) is 41.9 Å². The lowest BCUT2D eigenvalue weighted by Crippen LogP contribution is -2.20. The molecule has 2 aromatic carbocycles. The van der Waals surface area contributed by atoms with Crippen LogP contribution in [-0.2, 0) is 13.6 Å². The van der Waals surface area contributed by atoms with Crippen LogP contribution in [0.25, 0.3) is 16.9 Å². The fourth-order valence-electron chi connectivity index (χ4n) is 3.35. The molecule has 0 saturated heterocycles. The molecule has 0 aliphatic carbocycles. The molecule has 0 unspecified atom stereocenters. The number of hydrogen-bond donors (Lipinski definition) is 0. The number of rotatable bonds is 4. The van der Waals surface area contributed by atoms with Crippen molar-refractivity contribution < 1.29 is 0 Å². The van der Waals surface area contributed by atoms with Crippen LogP contribution in [0, 0.1) is 6.92 Å². The second-order valence-electron chi connectivity index (χ2n) is 6.68. The van der Waals surface area contributed by atoms with Gasteiger partial charge in [-0.3, -0.25) is 9.48 Å². The van der Waals surface area contributed by atoms with Gasteiger partial charge in [-0.15, -0.1) is 11.3 Å². The van der Waals surface area contributed by atoms with Crippen molar-refractivity contribution in [2.45, 2.75) is 20.4 Å². The highest BCUT2D eigenvalue weighted by Crippen LogP contribution is 2.23. The third kappa shape index (κ3) is 3.50. The Hall–Kier alpha value is -2.83. The van der Waals surface area contributed by atoms with Crippen molar-refractivity contribution in [3.63, 3.8) is 0 Å². The second kappa shape index (κ2) is 7.89. The van der Waals surface area contributed by atoms with E-state index in [0.29, 0.717) is 10.7 Å². The zero-order valence-corrected chi connectivity index (χ0v) is 18.0. The maximum Gasteiger partial charge on any atom is 0.297 e. The molecule has 0 radical (unpaired) electrons. The molecule has 0 N–H and O–H groups in total. The lowest BCUT2D eigenvalue weighted by atomic mass is 10.2. The lowest BCUT2D eigenvalue weighted by molar-refractivity contribution is 0.630. The van der Waals surface area contributed by atoms with Gasteiger partial charge in [-0.05, 0) is 43.7 Å². The van der Waals surface area contributed by atoms with Crippen molar-refractivity contribution in [1.29, 1.82) is 0 Å². The maximum absolute atomic E-state index is 13.2. The molecular formula is C22H21ClN4OS. The van der Waals surface area contributed by atoms with Gasteiger partial charge < -0.3 is 4.57 Å². The number of hydrogen-bond acceptors (Lipinski definition) is 3. The molecule has 0 atom stereocenters. The number of thiazole rings is 1. The summed E-state index contributed by atoms with van der Waals surface area (Å²) < 4.78 is 5.62. The maximum atomic E-state index is 13.2. The smallest absolute Gasteiger partial charge is 0.297 e. The Bertz CT molecular complexity index is 1280. The van der Waals surface area contributed by atoms with E-state index in [4.69, 9.17) is 16.6 Å². The van der Waals surface area contributed by atoms with Crippen molar-refractivity contribution in [2.75, 3.05) is 0 Å². The predicted octanol–water partition coefficient (Wildman–Crippen LogP) is 4.92. The highest BCUT2D eigenvalue weighted by atomic mass is 35.5. The monoisotopic (exact) mass is 424 g/mol. The van der Waals surface area contributed by atoms with Gasteiger partial charge in [0.1, 0.15) is 0 Å². The van der Waals surface area contributed by atoms with Gasteiger partial charge in [-0.25, -0.2) is 9.67 Å². The van der Waals surface area contributed by atoms with Crippen LogP contribution in [0.15, 0.2) is 69.8 Å². The van der Waals surface area contributed by atoms with E-state index in [0.717, 1.165) is 34.0 Å². The van der Waals surface area contributed by atoms with E-state index in [1.165, 1.54) is 11.3 Å². The molecule has 5 nitrogen and oxygen atoms in total. The second-order valence-corrected chi connectivity index (χ2v) is 7.95. The minimum Gasteiger partial charge on any atom is -0.317 e. The topological polar surface area (TPSA) is 44.2 Å². The Kier molecular flexibility index (Phi) is 5.30. The van der Waals surface area contributed by atoms with E-state index >= 15 is 0 Å². The van der Waals surface area contributed by atoms with E-state index < -0.39 is 0 Å². The average molecular weight is 425 g/mol. The first-order chi connectivity index (χ1) is 14.0. The van der Waals surface area contributed by atoms with Gasteiger partial charge in [0.15, 0.2) is 10.5 Å². The summed E-state index contributed by atoms with van der Waals surface area (Å²) in [5.41, 5.74) is 4.11. The first-order valence-corrected chi connectivity index (χ1v) is 10.6. The molecule has 7 heteroatoms. The highest BCUT2D eigenvalue weighted by Gasteiger charge is 2.16. The van der Waals surface area contributed by atoms with Crippen molar-refractivity contribution >= 4 is 28.6 Å². The number of nitrogens with zero attached hydrogens (tertiary/aromatic N) is 4. The molecule has 4 rings (SSSR count). The number of halogens is 1. The average Bonchev–Trinajstić information content (AvgIpc) is 3.23. The minimum atomic E-state index is -0.125. The molecule has 29 heavy (non-hydrogen) atoms. The largest absolute Gasteiger partial charge is 0.317 e. The molecule has 2 heterocycles. The van der Waals surface area contributed by atoms with Crippen LogP contribution in [0.4, 0.5) is 5.69 Å². The van der Waals surface area contributed by atoms with Crippen molar-refractivity contribution in [2.24, 2.45) is 12.0 Å². The Morgan fingerprint density at radius 1 is 1.07 bits per heavy atom. The predicted molar refractivity (Wildman–Crippen MR) is 119 cm³/mol. The molecule has 148 valence electrons. The summed E-state index contributed by atoms with van der Waals surface area (Å²) in [5.74, 6) is 0. The van der Waals surface area contributed by atoms with Gasteiger partial charge >= 0.3 is 0 Å².